The van der Waals surface area contributed by atoms with Gasteiger partial charge in [-0.3, -0.25) is 4.79 Å². The first-order chi connectivity index (χ1) is 6.68. The highest BCUT2D eigenvalue weighted by molar-refractivity contribution is 9.10. The Kier molecular flexibility index (Phi) is 2.77. The van der Waals surface area contributed by atoms with Crippen LogP contribution >= 0.6 is 15.9 Å². The molecule has 2 unspecified atom stereocenters. The van der Waals surface area contributed by atoms with Gasteiger partial charge < -0.3 is 4.42 Å². The highest BCUT2D eigenvalue weighted by Gasteiger charge is 2.30. The molecule has 1 saturated carbocycles. The van der Waals surface area contributed by atoms with Crippen LogP contribution in [0.5, 0.6) is 0 Å². The zero-order chi connectivity index (χ0) is 10.1. The number of furan rings is 1. The van der Waals surface area contributed by atoms with Crippen molar-refractivity contribution in [3.8, 4) is 0 Å². The van der Waals surface area contributed by atoms with Crippen LogP contribution in [-0.2, 0) is 4.79 Å². The molecule has 1 aliphatic rings. The van der Waals surface area contributed by atoms with Gasteiger partial charge in [-0.1, -0.05) is 6.92 Å². The molecular formula is C11H13BrO2. The second kappa shape index (κ2) is 3.89. The van der Waals surface area contributed by atoms with Gasteiger partial charge in [-0.05, 0) is 34.3 Å². The van der Waals surface area contributed by atoms with Crippen LogP contribution in [-0.4, -0.2) is 5.78 Å². The lowest BCUT2D eigenvalue weighted by Gasteiger charge is -2.26. The topological polar surface area (TPSA) is 30.2 Å². The van der Waals surface area contributed by atoms with E-state index in [0.717, 1.165) is 23.1 Å². The van der Waals surface area contributed by atoms with Crippen LogP contribution in [0.3, 0.4) is 0 Å². The Labute approximate surface area is 91.8 Å². The maximum atomic E-state index is 11.4. The van der Waals surface area contributed by atoms with Crippen LogP contribution in [0.4, 0.5) is 0 Å². The van der Waals surface area contributed by atoms with Gasteiger partial charge in [0.15, 0.2) is 0 Å². The second-order valence-corrected chi connectivity index (χ2v) is 4.85. The summed E-state index contributed by atoms with van der Waals surface area (Å²) in [4.78, 5) is 11.4. The third-order valence-corrected chi connectivity index (χ3v) is 3.65. The van der Waals surface area contributed by atoms with Gasteiger partial charge in [0.2, 0.25) is 0 Å². The first kappa shape index (κ1) is 9.97. The summed E-state index contributed by atoms with van der Waals surface area (Å²) in [6, 6.07) is 1.89. The summed E-state index contributed by atoms with van der Waals surface area (Å²) in [7, 11) is 0. The van der Waals surface area contributed by atoms with Crippen molar-refractivity contribution in [2.45, 2.75) is 32.1 Å². The van der Waals surface area contributed by atoms with Gasteiger partial charge in [0, 0.05) is 18.8 Å². The quantitative estimate of drug-likeness (QED) is 0.770. The number of ketones is 1. The normalized spacial score (nSPS) is 28.0. The van der Waals surface area contributed by atoms with Crippen molar-refractivity contribution < 1.29 is 9.21 Å². The van der Waals surface area contributed by atoms with Gasteiger partial charge in [-0.15, -0.1) is 0 Å². The van der Waals surface area contributed by atoms with Gasteiger partial charge in [-0.2, -0.15) is 0 Å². The Morgan fingerprint density at radius 3 is 3.00 bits per heavy atom. The first-order valence-electron chi connectivity index (χ1n) is 4.93. The molecule has 3 heteroatoms. The maximum Gasteiger partial charge on any atom is 0.133 e. The molecule has 0 N–H and O–H groups in total. The van der Waals surface area contributed by atoms with Gasteiger partial charge >= 0.3 is 0 Å². The standard InChI is InChI=1S/C11H13BrO2/c1-7-2-3-8(13)6-9(7)11-10(12)4-5-14-11/h4-5,7,9H,2-3,6H2,1H3. The molecular weight excluding hydrogens is 244 g/mol. The van der Waals surface area contributed by atoms with Crippen molar-refractivity contribution in [3.63, 3.8) is 0 Å². The molecule has 2 nitrogen and oxygen atoms in total. The van der Waals surface area contributed by atoms with Crippen molar-refractivity contribution in [2.75, 3.05) is 0 Å². The number of rotatable bonds is 1. The van der Waals surface area contributed by atoms with Crippen LogP contribution in [0.2, 0.25) is 0 Å². The van der Waals surface area contributed by atoms with E-state index in [4.69, 9.17) is 4.42 Å². The van der Waals surface area contributed by atoms with Crippen molar-refractivity contribution in [1.82, 2.24) is 0 Å². The maximum absolute atomic E-state index is 11.4. The zero-order valence-electron chi connectivity index (χ0n) is 8.13. The number of halogens is 1. The Morgan fingerprint density at radius 2 is 2.36 bits per heavy atom. The largest absolute Gasteiger partial charge is 0.468 e. The highest BCUT2D eigenvalue weighted by Crippen LogP contribution is 2.39. The van der Waals surface area contributed by atoms with E-state index in [9.17, 15) is 4.79 Å². The number of carbonyl (C=O) groups is 1. The summed E-state index contributed by atoms with van der Waals surface area (Å²) in [5.41, 5.74) is 0. The van der Waals surface area contributed by atoms with Gasteiger partial charge in [-0.25, -0.2) is 0 Å². The molecule has 0 aromatic carbocycles. The fraction of sp³-hybridized carbons (Fsp3) is 0.545. The Hall–Kier alpha value is -0.570. The van der Waals surface area contributed by atoms with E-state index in [0.29, 0.717) is 18.1 Å². The molecule has 2 atom stereocenters. The molecule has 2 rings (SSSR count). The number of Topliss-reactive ketones (excluding diaryl/α,β-unsaturated/α-hetero) is 1. The molecule has 0 spiro atoms. The smallest absolute Gasteiger partial charge is 0.133 e. The summed E-state index contributed by atoms with van der Waals surface area (Å²) in [5.74, 6) is 2.10. The van der Waals surface area contributed by atoms with Gasteiger partial charge in [0.05, 0.1) is 10.7 Å². The van der Waals surface area contributed by atoms with Crippen LogP contribution < -0.4 is 0 Å². The molecule has 0 amide bonds. The fourth-order valence-electron chi connectivity index (χ4n) is 2.06. The van der Waals surface area contributed by atoms with Crippen molar-refractivity contribution in [3.05, 3.63) is 22.6 Å². The van der Waals surface area contributed by atoms with Gasteiger partial charge in [0.1, 0.15) is 11.5 Å². The van der Waals surface area contributed by atoms with E-state index in [2.05, 4.69) is 22.9 Å². The van der Waals surface area contributed by atoms with Crippen LogP contribution in [0.15, 0.2) is 21.2 Å². The first-order valence-corrected chi connectivity index (χ1v) is 5.72. The third kappa shape index (κ3) is 1.78. The average Bonchev–Trinajstić information content (AvgIpc) is 2.56. The minimum absolute atomic E-state index is 0.264. The van der Waals surface area contributed by atoms with E-state index in [-0.39, 0.29) is 5.92 Å². The molecule has 76 valence electrons. The average molecular weight is 257 g/mol. The summed E-state index contributed by atoms with van der Waals surface area (Å²) >= 11 is 3.44. The van der Waals surface area contributed by atoms with E-state index in [1.54, 1.807) is 6.26 Å². The molecule has 1 aliphatic carbocycles. The molecule has 0 aliphatic heterocycles. The third-order valence-electron chi connectivity index (χ3n) is 2.99. The van der Waals surface area contributed by atoms with E-state index >= 15 is 0 Å². The fourth-order valence-corrected chi connectivity index (χ4v) is 2.55. The summed E-state index contributed by atoms with van der Waals surface area (Å²) < 4.78 is 6.41. The lowest BCUT2D eigenvalue weighted by atomic mass is 9.78. The lowest BCUT2D eigenvalue weighted by molar-refractivity contribution is -0.121. The van der Waals surface area contributed by atoms with E-state index in [1.807, 2.05) is 6.07 Å². The summed E-state index contributed by atoms with van der Waals surface area (Å²) in [5, 5.41) is 0. The Bertz CT molecular complexity index is 343. The Morgan fingerprint density at radius 1 is 1.57 bits per heavy atom. The summed E-state index contributed by atoms with van der Waals surface area (Å²) in [6.07, 6.45) is 4.02. The van der Waals surface area contributed by atoms with Crippen molar-refractivity contribution in [2.24, 2.45) is 5.92 Å². The Balaban J connectivity index is 2.24. The van der Waals surface area contributed by atoms with Crippen LogP contribution in [0.1, 0.15) is 37.9 Å². The lowest BCUT2D eigenvalue weighted by Crippen LogP contribution is -2.21. The molecule has 0 bridgehead atoms. The SMILES string of the molecule is CC1CCC(=O)CC1c1occc1Br. The number of carbonyl (C=O) groups excluding carboxylic acids is 1. The van der Waals surface area contributed by atoms with Crippen molar-refractivity contribution >= 4 is 21.7 Å². The molecule has 0 saturated heterocycles. The minimum Gasteiger partial charge on any atom is -0.468 e. The molecule has 0 radical (unpaired) electrons. The van der Waals surface area contributed by atoms with Crippen molar-refractivity contribution in [1.29, 1.82) is 0 Å². The second-order valence-electron chi connectivity index (χ2n) is 4.00. The minimum atomic E-state index is 0.264. The van der Waals surface area contributed by atoms with Crippen LogP contribution in [0.25, 0.3) is 0 Å². The predicted molar refractivity (Wildman–Crippen MR) is 57.2 cm³/mol. The van der Waals surface area contributed by atoms with E-state index in [1.165, 1.54) is 0 Å². The van der Waals surface area contributed by atoms with Crippen LogP contribution in [0, 0.1) is 5.92 Å². The number of hydrogen-bond acceptors (Lipinski definition) is 2. The highest BCUT2D eigenvalue weighted by atomic mass is 79.9. The number of hydrogen-bond donors (Lipinski definition) is 0. The van der Waals surface area contributed by atoms with Gasteiger partial charge in [0.25, 0.3) is 0 Å². The zero-order valence-corrected chi connectivity index (χ0v) is 9.71. The molecule has 1 fully saturated rings. The predicted octanol–water partition coefficient (Wildman–Crippen LogP) is 3.51. The monoisotopic (exact) mass is 256 g/mol. The summed E-state index contributed by atoms with van der Waals surface area (Å²) in [6.45, 7) is 2.19. The molecule has 14 heavy (non-hydrogen) atoms. The molecule has 1 aromatic rings. The van der Waals surface area contributed by atoms with E-state index < -0.39 is 0 Å². The molecule has 1 aromatic heterocycles. The molecule has 1 heterocycles.